The monoisotopic (exact) mass is 275 g/mol. The van der Waals surface area contributed by atoms with Crippen LogP contribution < -0.4 is 5.32 Å². The third-order valence-electron chi connectivity index (χ3n) is 5.39. The van der Waals surface area contributed by atoms with Crippen LogP contribution in [0.2, 0.25) is 0 Å². The van der Waals surface area contributed by atoms with Gasteiger partial charge in [-0.3, -0.25) is 4.68 Å². The molecule has 0 aromatic carbocycles. The van der Waals surface area contributed by atoms with Gasteiger partial charge in [0.25, 0.3) is 0 Å². The van der Waals surface area contributed by atoms with Crippen molar-refractivity contribution in [2.24, 2.45) is 12.5 Å². The third-order valence-corrected chi connectivity index (χ3v) is 5.39. The Labute approximate surface area is 123 Å². The van der Waals surface area contributed by atoms with Crippen molar-refractivity contribution in [1.29, 1.82) is 0 Å². The maximum atomic E-state index is 4.46. The van der Waals surface area contributed by atoms with Gasteiger partial charge in [0.1, 0.15) is 0 Å². The highest BCUT2D eigenvalue weighted by molar-refractivity contribution is 5.24. The Kier molecular flexibility index (Phi) is 3.89. The van der Waals surface area contributed by atoms with Gasteiger partial charge < -0.3 is 5.32 Å². The molecule has 2 aliphatic carbocycles. The molecule has 1 saturated carbocycles. The van der Waals surface area contributed by atoms with E-state index in [4.69, 9.17) is 0 Å². The second kappa shape index (κ2) is 5.51. The zero-order valence-corrected chi connectivity index (χ0v) is 13.3. The van der Waals surface area contributed by atoms with Gasteiger partial charge in [-0.1, -0.05) is 20.3 Å². The van der Waals surface area contributed by atoms with E-state index in [0.717, 1.165) is 0 Å². The average Bonchev–Trinajstić information content (AvgIpc) is 2.70. The molecule has 1 aromatic heterocycles. The van der Waals surface area contributed by atoms with E-state index in [1.807, 2.05) is 0 Å². The van der Waals surface area contributed by atoms with Crippen LogP contribution in [0.15, 0.2) is 6.20 Å². The molecule has 2 atom stereocenters. The summed E-state index contributed by atoms with van der Waals surface area (Å²) in [5.74, 6) is 0. The second-order valence-corrected chi connectivity index (χ2v) is 7.57. The van der Waals surface area contributed by atoms with E-state index in [1.165, 1.54) is 62.6 Å². The van der Waals surface area contributed by atoms with Crippen molar-refractivity contribution in [2.75, 3.05) is 0 Å². The maximum Gasteiger partial charge on any atom is 0.0540 e. The SMILES string of the molecule is Cn1ncc2c1CCCC2NC1CCCC(C)(C)CC1. The molecule has 1 heterocycles. The molecule has 2 unspecified atom stereocenters. The number of nitrogens with zero attached hydrogens (tertiary/aromatic N) is 2. The summed E-state index contributed by atoms with van der Waals surface area (Å²) >= 11 is 0. The molecule has 0 spiro atoms. The van der Waals surface area contributed by atoms with Crippen molar-refractivity contribution in [1.82, 2.24) is 15.1 Å². The van der Waals surface area contributed by atoms with Crippen molar-refractivity contribution in [3.63, 3.8) is 0 Å². The van der Waals surface area contributed by atoms with Gasteiger partial charge in [0.15, 0.2) is 0 Å². The molecule has 2 aliphatic rings. The third kappa shape index (κ3) is 2.93. The van der Waals surface area contributed by atoms with Crippen LogP contribution in [0.5, 0.6) is 0 Å². The summed E-state index contributed by atoms with van der Waals surface area (Å²) < 4.78 is 2.07. The number of aryl methyl sites for hydroxylation is 1. The molecule has 0 aliphatic heterocycles. The second-order valence-electron chi connectivity index (χ2n) is 7.57. The number of aromatic nitrogens is 2. The quantitative estimate of drug-likeness (QED) is 0.833. The Balaban J connectivity index is 1.67. The fourth-order valence-corrected chi connectivity index (χ4v) is 3.99. The first-order valence-electron chi connectivity index (χ1n) is 8.32. The van der Waals surface area contributed by atoms with Crippen molar-refractivity contribution in [3.8, 4) is 0 Å². The van der Waals surface area contributed by atoms with Gasteiger partial charge in [-0.05, 0) is 50.4 Å². The van der Waals surface area contributed by atoms with Crippen molar-refractivity contribution >= 4 is 0 Å². The minimum Gasteiger partial charge on any atom is -0.307 e. The van der Waals surface area contributed by atoms with E-state index < -0.39 is 0 Å². The molecule has 1 aromatic rings. The number of hydrogen-bond donors (Lipinski definition) is 1. The highest BCUT2D eigenvalue weighted by Crippen LogP contribution is 2.36. The van der Waals surface area contributed by atoms with Crippen LogP contribution in [0.1, 0.15) is 76.1 Å². The summed E-state index contributed by atoms with van der Waals surface area (Å²) in [4.78, 5) is 0. The molecular weight excluding hydrogens is 246 g/mol. The van der Waals surface area contributed by atoms with Gasteiger partial charge >= 0.3 is 0 Å². The molecular formula is C17H29N3. The molecule has 0 saturated heterocycles. The molecule has 20 heavy (non-hydrogen) atoms. The first kappa shape index (κ1) is 14.1. The van der Waals surface area contributed by atoms with Crippen LogP contribution >= 0.6 is 0 Å². The predicted octanol–water partition coefficient (Wildman–Crippen LogP) is 3.75. The van der Waals surface area contributed by atoms with Gasteiger partial charge in [-0.25, -0.2) is 0 Å². The largest absolute Gasteiger partial charge is 0.307 e. The van der Waals surface area contributed by atoms with E-state index in [2.05, 4.69) is 42.2 Å². The first-order chi connectivity index (χ1) is 9.55. The van der Waals surface area contributed by atoms with Crippen molar-refractivity contribution in [3.05, 3.63) is 17.5 Å². The van der Waals surface area contributed by atoms with Crippen LogP contribution in [-0.2, 0) is 13.5 Å². The predicted molar refractivity (Wildman–Crippen MR) is 82.7 cm³/mol. The summed E-state index contributed by atoms with van der Waals surface area (Å²) in [5, 5.41) is 8.41. The Bertz CT molecular complexity index is 461. The van der Waals surface area contributed by atoms with E-state index >= 15 is 0 Å². The van der Waals surface area contributed by atoms with Gasteiger partial charge in [-0.15, -0.1) is 0 Å². The summed E-state index contributed by atoms with van der Waals surface area (Å²) in [6.07, 6.45) is 12.6. The van der Waals surface area contributed by atoms with Crippen LogP contribution in [0, 0.1) is 5.41 Å². The molecule has 3 rings (SSSR count). The molecule has 0 amide bonds. The molecule has 0 radical (unpaired) electrons. The standard InChI is InChI=1S/C17H29N3/c1-17(2)10-5-6-13(9-11-17)19-15-7-4-8-16-14(15)12-18-20(16)3/h12-13,15,19H,4-11H2,1-3H3. The Morgan fingerprint density at radius 1 is 1.20 bits per heavy atom. The average molecular weight is 275 g/mol. The van der Waals surface area contributed by atoms with E-state index in [1.54, 1.807) is 0 Å². The lowest BCUT2D eigenvalue weighted by atomic mass is 9.85. The maximum absolute atomic E-state index is 4.46. The number of hydrogen-bond acceptors (Lipinski definition) is 2. The number of rotatable bonds is 2. The van der Waals surface area contributed by atoms with Crippen LogP contribution in [0.25, 0.3) is 0 Å². The van der Waals surface area contributed by atoms with E-state index in [0.29, 0.717) is 17.5 Å². The number of fused-ring (bicyclic) bond motifs is 1. The van der Waals surface area contributed by atoms with Gasteiger partial charge in [-0.2, -0.15) is 5.10 Å². The van der Waals surface area contributed by atoms with E-state index in [-0.39, 0.29) is 0 Å². The molecule has 112 valence electrons. The fourth-order valence-electron chi connectivity index (χ4n) is 3.99. The molecule has 1 N–H and O–H groups in total. The Morgan fingerprint density at radius 2 is 2.05 bits per heavy atom. The molecule has 3 heteroatoms. The number of nitrogens with one attached hydrogen (secondary N) is 1. The smallest absolute Gasteiger partial charge is 0.0540 e. The lowest BCUT2D eigenvalue weighted by Gasteiger charge is -2.29. The lowest BCUT2D eigenvalue weighted by Crippen LogP contribution is -2.34. The molecule has 1 fully saturated rings. The minimum atomic E-state index is 0.540. The Hall–Kier alpha value is -0.830. The Morgan fingerprint density at radius 3 is 2.90 bits per heavy atom. The topological polar surface area (TPSA) is 29.9 Å². The highest BCUT2D eigenvalue weighted by Gasteiger charge is 2.28. The minimum absolute atomic E-state index is 0.540. The van der Waals surface area contributed by atoms with Crippen LogP contribution in [0.4, 0.5) is 0 Å². The van der Waals surface area contributed by atoms with Gasteiger partial charge in [0.05, 0.1) is 6.20 Å². The summed E-state index contributed by atoms with van der Waals surface area (Å²) in [6, 6.07) is 1.24. The molecule has 3 nitrogen and oxygen atoms in total. The zero-order valence-electron chi connectivity index (χ0n) is 13.3. The first-order valence-corrected chi connectivity index (χ1v) is 8.32. The summed E-state index contributed by atoms with van der Waals surface area (Å²) in [5.41, 5.74) is 3.45. The van der Waals surface area contributed by atoms with Gasteiger partial charge in [0.2, 0.25) is 0 Å². The van der Waals surface area contributed by atoms with E-state index in [9.17, 15) is 0 Å². The lowest BCUT2D eigenvalue weighted by molar-refractivity contribution is 0.304. The van der Waals surface area contributed by atoms with Crippen LogP contribution in [0.3, 0.4) is 0 Å². The van der Waals surface area contributed by atoms with Gasteiger partial charge in [0, 0.05) is 30.4 Å². The highest BCUT2D eigenvalue weighted by atomic mass is 15.3. The zero-order chi connectivity index (χ0) is 14.2. The van der Waals surface area contributed by atoms with Crippen molar-refractivity contribution in [2.45, 2.75) is 77.3 Å². The van der Waals surface area contributed by atoms with Crippen molar-refractivity contribution < 1.29 is 0 Å². The van der Waals surface area contributed by atoms with Crippen LogP contribution in [-0.4, -0.2) is 15.8 Å². The molecule has 0 bridgehead atoms. The normalized spacial score (nSPS) is 29.8. The summed E-state index contributed by atoms with van der Waals surface area (Å²) in [7, 11) is 2.08. The summed E-state index contributed by atoms with van der Waals surface area (Å²) in [6.45, 7) is 4.85. The fraction of sp³-hybridized carbons (Fsp3) is 0.824.